The smallest absolute Gasteiger partial charge is 0.231 e. The van der Waals surface area contributed by atoms with Gasteiger partial charge in [-0.25, -0.2) is 0 Å². The molecule has 3 fully saturated rings. The number of primary amides is 1. The van der Waals surface area contributed by atoms with Crippen LogP contribution < -0.4 is 5.73 Å². The highest BCUT2D eigenvalue weighted by Crippen LogP contribution is 2.42. The SMILES string of the molecule is CN1CC[C@@H](O)[C@@H]2[C@@H](C1)N(C(=O)C1CCCN(CC(N)=O)C1)C[C@H]2c1ccccc1. The van der Waals surface area contributed by atoms with Gasteiger partial charge in [0, 0.05) is 38.0 Å². The van der Waals surface area contributed by atoms with Gasteiger partial charge in [0.05, 0.1) is 24.6 Å². The van der Waals surface area contributed by atoms with E-state index in [-0.39, 0.29) is 42.2 Å². The summed E-state index contributed by atoms with van der Waals surface area (Å²) in [6.45, 7) is 3.89. The van der Waals surface area contributed by atoms with Crippen molar-refractivity contribution >= 4 is 11.8 Å². The average molecular weight is 415 g/mol. The molecule has 1 aromatic rings. The van der Waals surface area contributed by atoms with Gasteiger partial charge in [0.15, 0.2) is 0 Å². The third-order valence-electron chi connectivity index (χ3n) is 7.20. The highest BCUT2D eigenvalue weighted by Gasteiger charge is 2.50. The monoisotopic (exact) mass is 414 g/mol. The third kappa shape index (κ3) is 4.38. The molecule has 0 spiro atoms. The fraction of sp³-hybridized carbons (Fsp3) is 0.652. The van der Waals surface area contributed by atoms with E-state index in [0.717, 1.165) is 38.9 Å². The minimum Gasteiger partial charge on any atom is -0.393 e. The highest BCUT2D eigenvalue weighted by atomic mass is 16.3. The first-order valence-corrected chi connectivity index (χ1v) is 11.2. The molecular formula is C23H34N4O3. The lowest BCUT2D eigenvalue weighted by Gasteiger charge is -2.36. The Morgan fingerprint density at radius 3 is 2.60 bits per heavy atom. The maximum absolute atomic E-state index is 13.7. The highest BCUT2D eigenvalue weighted by molar-refractivity contribution is 5.80. The van der Waals surface area contributed by atoms with Crippen molar-refractivity contribution in [3.8, 4) is 0 Å². The van der Waals surface area contributed by atoms with E-state index in [0.29, 0.717) is 13.1 Å². The van der Waals surface area contributed by atoms with Gasteiger partial charge in [0.25, 0.3) is 0 Å². The molecule has 3 aliphatic heterocycles. The summed E-state index contributed by atoms with van der Waals surface area (Å²) in [5.41, 5.74) is 6.58. The van der Waals surface area contributed by atoms with Crippen molar-refractivity contribution in [2.75, 3.05) is 46.3 Å². The Bertz CT molecular complexity index is 758. The van der Waals surface area contributed by atoms with Crippen molar-refractivity contribution in [2.24, 2.45) is 17.6 Å². The number of fused-ring (bicyclic) bond motifs is 1. The number of amides is 2. The van der Waals surface area contributed by atoms with Gasteiger partial charge in [-0.1, -0.05) is 30.3 Å². The molecule has 3 N–H and O–H groups in total. The van der Waals surface area contributed by atoms with Crippen LogP contribution in [0.4, 0.5) is 0 Å². The quantitative estimate of drug-likeness (QED) is 0.749. The van der Waals surface area contributed by atoms with Crippen molar-refractivity contribution < 1.29 is 14.7 Å². The van der Waals surface area contributed by atoms with Crippen molar-refractivity contribution in [1.29, 1.82) is 0 Å². The van der Waals surface area contributed by atoms with E-state index >= 15 is 0 Å². The summed E-state index contributed by atoms with van der Waals surface area (Å²) < 4.78 is 0. The standard InChI is InChI=1S/C23H34N4O3/c1-25-11-9-20(28)22-18(16-6-3-2-4-7-16)13-27(19(22)14-25)23(30)17-8-5-10-26(12-17)15-21(24)29/h2-4,6-7,17-20,22,28H,5,8-15H2,1H3,(H2,24,29)/t17?,18-,19+,20+,22-/m0/s1. The van der Waals surface area contributed by atoms with E-state index in [4.69, 9.17) is 5.73 Å². The molecule has 0 aromatic heterocycles. The van der Waals surface area contributed by atoms with Gasteiger partial charge < -0.3 is 20.6 Å². The fourth-order valence-corrected chi connectivity index (χ4v) is 5.78. The molecule has 0 radical (unpaired) electrons. The fourth-order valence-electron chi connectivity index (χ4n) is 5.78. The number of likely N-dealkylation sites (tertiary alicyclic amines) is 3. The molecule has 30 heavy (non-hydrogen) atoms. The molecule has 3 heterocycles. The molecule has 0 bridgehead atoms. The molecule has 5 atom stereocenters. The minimum atomic E-state index is -0.416. The predicted molar refractivity (Wildman–Crippen MR) is 115 cm³/mol. The lowest BCUT2D eigenvalue weighted by Crippen LogP contribution is -2.51. The van der Waals surface area contributed by atoms with Gasteiger partial charge in [-0.05, 0) is 38.4 Å². The molecule has 0 saturated carbocycles. The first-order valence-electron chi connectivity index (χ1n) is 11.2. The van der Waals surface area contributed by atoms with E-state index in [1.165, 1.54) is 5.56 Å². The van der Waals surface area contributed by atoms with Gasteiger partial charge in [-0.2, -0.15) is 0 Å². The number of hydrogen-bond donors (Lipinski definition) is 2. The molecule has 3 aliphatic rings. The van der Waals surface area contributed by atoms with E-state index in [2.05, 4.69) is 24.1 Å². The molecule has 1 unspecified atom stereocenters. The predicted octanol–water partition coefficient (Wildman–Crippen LogP) is 0.491. The molecule has 7 nitrogen and oxygen atoms in total. The summed E-state index contributed by atoms with van der Waals surface area (Å²) in [7, 11) is 2.07. The number of nitrogens with two attached hydrogens (primary N) is 1. The first kappa shape index (κ1) is 21.3. The van der Waals surface area contributed by atoms with Crippen LogP contribution in [0.2, 0.25) is 0 Å². The Morgan fingerprint density at radius 2 is 1.87 bits per heavy atom. The van der Waals surface area contributed by atoms with Crippen molar-refractivity contribution in [2.45, 2.75) is 37.3 Å². The molecule has 0 aliphatic carbocycles. The first-order chi connectivity index (χ1) is 14.4. The van der Waals surface area contributed by atoms with Crippen LogP contribution in [0.15, 0.2) is 30.3 Å². The average Bonchev–Trinajstić information content (AvgIpc) is 3.03. The lowest BCUT2D eigenvalue weighted by molar-refractivity contribution is -0.139. The van der Waals surface area contributed by atoms with Crippen LogP contribution >= 0.6 is 0 Å². The number of nitrogens with zero attached hydrogens (tertiary/aromatic N) is 3. The zero-order chi connectivity index (χ0) is 21.3. The molecule has 4 rings (SSSR count). The summed E-state index contributed by atoms with van der Waals surface area (Å²) in [6, 6.07) is 10.3. The number of hydrogen-bond acceptors (Lipinski definition) is 5. The van der Waals surface area contributed by atoms with Crippen molar-refractivity contribution in [3.63, 3.8) is 0 Å². The van der Waals surface area contributed by atoms with Crippen molar-refractivity contribution in [3.05, 3.63) is 35.9 Å². The Morgan fingerprint density at radius 1 is 1.10 bits per heavy atom. The van der Waals surface area contributed by atoms with Crippen LogP contribution in [-0.2, 0) is 9.59 Å². The van der Waals surface area contributed by atoms with E-state index in [9.17, 15) is 14.7 Å². The van der Waals surface area contributed by atoms with Crippen LogP contribution in [0.5, 0.6) is 0 Å². The summed E-state index contributed by atoms with van der Waals surface area (Å²) in [6.07, 6.45) is 2.06. The number of rotatable bonds is 4. The van der Waals surface area contributed by atoms with Crippen LogP contribution in [-0.4, -0.2) is 90.1 Å². The van der Waals surface area contributed by atoms with E-state index in [1.54, 1.807) is 0 Å². The van der Waals surface area contributed by atoms with Gasteiger partial charge in [0.1, 0.15) is 0 Å². The van der Waals surface area contributed by atoms with E-state index < -0.39 is 6.10 Å². The second-order valence-electron chi connectivity index (χ2n) is 9.31. The lowest BCUT2D eigenvalue weighted by atomic mass is 9.81. The summed E-state index contributed by atoms with van der Waals surface area (Å²) in [5.74, 6) is -0.0976. The molecule has 3 saturated heterocycles. The molecule has 164 valence electrons. The normalized spacial score (nSPS) is 33.1. The number of likely N-dealkylation sites (N-methyl/N-ethyl adjacent to an activating group) is 1. The summed E-state index contributed by atoms with van der Waals surface area (Å²) in [4.78, 5) is 31.3. The van der Waals surface area contributed by atoms with E-state index in [1.807, 2.05) is 28.0 Å². The Balaban J connectivity index is 1.58. The Kier molecular flexibility index (Phi) is 6.41. The van der Waals surface area contributed by atoms with Gasteiger partial charge in [-0.15, -0.1) is 0 Å². The van der Waals surface area contributed by atoms with Crippen LogP contribution in [0.25, 0.3) is 0 Å². The molecule has 7 heteroatoms. The summed E-state index contributed by atoms with van der Waals surface area (Å²) >= 11 is 0. The zero-order valence-corrected chi connectivity index (χ0v) is 17.8. The number of piperidine rings is 1. The van der Waals surface area contributed by atoms with Gasteiger partial charge in [0.2, 0.25) is 11.8 Å². The molecule has 1 aromatic carbocycles. The number of aliphatic hydroxyl groups excluding tert-OH is 1. The minimum absolute atomic E-state index is 0.0109. The second-order valence-corrected chi connectivity index (χ2v) is 9.31. The van der Waals surface area contributed by atoms with Crippen LogP contribution in [0.1, 0.15) is 30.7 Å². The van der Waals surface area contributed by atoms with Gasteiger partial charge >= 0.3 is 0 Å². The number of carbonyl (C=O) groups excluding carboxylic acids is 2. The summed E-state index contributed by atoms with van der Waals surface area (Å²) in [5, 5.41) is 11.0. The largest absolute Gasteiger partial charge is 0.393 e. The number of benzene rings is 1. The maximum atomic E-state index is 13.7. The number of aliphatic hydroxyl groups is 1. The topological polar surface area (TPSA) is 90.1 Å². The maximum Gasteiger partial charge on any atom is 0.231 e. The van der Waals surface area contributed by atoms with Crippen molar-refractivity contribution in [1.82, 2.24) is 14.7 Å². The molecular weight excluding hydrogens is 380 g/mol. The second kappa shape index (κ2) is 9.04. The number of carbonyl (C=O) groups is 2. The van der Waals surface area contributed by atoms with Gasteiger partial charge in [-0.3, -0.25) is 14.5 Å². The van der Waals surface area contributed by atoms with Crippen LogP contribution in [0.3, 0.4) is 0 Å². The third-order valence-corrected chi connectivity index (χ3v) is 7.20. The Hall–Kier alpha value is -1.96. The molecule has 2 amide bonds. The Labute approximate surface area is 178 Å². The van der Waals surface area contributed by atoms with Crippen LogP contribution in [0, 0.1) is 11.8 Å². The zero-order valence-electron chi connectivity index (χ0n) is 17.8.